The van der Waals surface area contributed by atoms with Gasteiger partial charge in [-0.25, -0.2) is 4.39 Å². The van der Waals surface area contributed by atoms with Crippen LogP contribution in [0, 0.1) is 11.7 Å². The zero-order chi connectivity index (χ0) is 12.3. The molecule has 0 saturated carbocycles. The number of ether oxygens (including phenoxy) is 1. The Kier molecular flexibility index (Phi) is 3.92. The summed E-state index contributed by atoms with van der Waals surface area (Å²) in [5, 5.41) is 0. The fourth-order valence-electron chi connectivity index (χ4n) is 1.91. The van der Waals surface area contributed by atoms with Crippen molar-refractivity contribution in [3.05, 3.63) is 29.6 Å². The molecule has 90 valence electrons. The minimum Gasteiger partial charge on any atom is -0.497 e. The molecule has 1 aromatic carbocycles. The van der Waals surface area contributed by atoms with Crippen molar-refractivity contribution >= 4 is 0 Å². The molecule has 1 atom stereocenters. The molecule has 0 radical (unpaired) electrons. The number of hydrogen-bond donors (Lipinski definition) is 1. The third-order valence-electron chi connectivity index (χ3n) is 3.29. The first-order valence-corrected chi connectivity index (χ1v) is 5.58. The van der Waals surface area contributed by atoms with Crippen LogP contribution in [0.4, 0.5) is 4.39 Å². The minimum atomic E-state index is -0.615. The molecule has 0 saturated heterocycles. The first-order chi connectivity index (χ1) is 7.45. The molecule has 0 aliphatic carbocycles. The van der Waals surface area contributed by atoms with E-state index in [4.69, 9.17) is 10.5 Å². The molecular formula is C13H20FNO. The van der Waals surface area contributed by atoms with Crippen LogP contribution in [0.5, 0.6) is 5.75 Å². The predicted molar refractivity (Wildman–Crippen MR) is 63.9 cm³/mol. The molecule has 0 amide bonds. The first-order valence-electron chi connectivity index (χ1n) is 5.58. The fraction of sp³-hybridized carbons (Fsp3) is 0.538. The molecule has 0 aliphatic heterocycles. The molecule has 2 N–H and O–H groups in total. The maximum Gasteiger partial charge on any atom is 0.131 e. The van der Waals surface area contributed by atoms with Crippen LogP contribution in [0.15, 0.2) is 18.2 Å². The summed E-state index contributed by atoms with van der Waals surface area (Å²) in [7, 11) is 1.52. The van der Waals surface area contributed by atoms with Crippen molar-refractivity contribution < 1.29 is 9.13 Å². The van der Waals surface area contributed by atoms with Crippen LogP contribution in [0.3, 0.4) is 0 Å². The van der Waals surface area contributed by atoms with Gasteiger partial charge in [-0.1, -0.05) is 26.8 Å². The second-order valence-electron chi connectivity index (χ2n) is 4.39. The van der Waals surface area contributed by atoms with E-state index >= 15 is 0 Å². The number of nitrogens with two attached hydrogens (primary N) is 1. The molecule has 0 aliphatic rings. The third-order valence-corrected chi connectivity index (χ3v) is 3.29. The Balaban J connectivity index is 3.21. The van der Waals surface area contributed by atoms with Crippen LogP contribution in [0.2, 0.25) is 0 Å². The Labute approximate surface area is 96.6 Å². The van der Waals surface area contributed by atoms with Gasteiger partial charge in [-0.3, -0.25) is 0 Å². The highest BCUT2D eigenvalue weighted by Crippen LogP contribution is 2.33. The maximum absolute atomic E-state index is 13.9. The van der Waals surface area contributed by atoms with Crippen molar-refractivity contribution in [2.45, 2.75) is 32.7 Å². The van der Waals surface area contributed by atoms with E-state index < -0.39 is 5.54 Å². The van der Waals surface area contributed by atoms with E-state index in [2.05, 4.69) is 0 Å². The normalized spacial score (nSPS) is 14.9. The highest BCUT2D eigenvalue weighted by molar-refractivity contribution is 5.33. The summed E-state index contributed by atoms with van der Waals surface area (Å²) in [6.45, 7) is 5.99. The van der Waals surface area contributed by atoms with Gasteiger partial charge in [0.15, 0.2) is 0 Å². The van der Waals surface area contributed by atoms with Gasteiger partial charge in [0.1, 0.15) is 11.6 Å². The van der Waals surface area contributed by atoms with Gasteiger partial charge in [0.2, 0.25) is 0 Å². The molecule has 0 heterocycles. The van der Waals surface area contributed by atoms with Crippen LogP contribution in [0.25, 0.3) is 0 Å². The molecule has 0 bridgehead atoms. The van der Waals surface area contributed by atoms with E-state index in [1.165, 1.54) is 13.2 Å². The second-order valence-corrected chi connectivity index (χ2v) is 4.39. The smallest absolute Gasteiger partial charge is 0.131 e. The highest BCUT2D eigenvalue weighted by Gasteiger charge is 2.31. The number of methoxy groups -OCH3 is 1. The summed E-state index contributed by atoms with van der Waals surface area (Å²) in [6, 6.07) is 4.85. The lowest BCUT2D eigenvalue weighted by atomic mass is 9.78. The average Bonchev–Trinajstić information content (AvgIpc) is 2.27. The van der Waals surface area contributed by atoms with Crippen molar-refractivity contribution in [3.8, 4) is 5.75 Å². The lowest BCUT2D eigenvalue weighted by Crippen LogP contribution is -2.42. The monoisotopic (exact) mass is 225 g/mol. The first kappa shape index (κ1) is 13.0. The third kappa shape index (κ3) is 2.19. The van der Waals surface area contributed by atoms with Crippen LogP contribution in [-0.4, -0.2) is 7.11 Å². The van der Waals surface area contributed by atoms with Gasteiger partial charge in [-0.2, -0.15) is 0 Å². The van der Waals surface area contributed by atoms with Crippen LogP contribution >= 0.6 is 0 Å². The number of hydrogen-bond acceptors (Lipinski definition) is 2. The Bertz CT molecular complexity index is 365. The molecule has 1 rings (SSSR count). The SMILES string of the molecule is CCC(N)(c1ccc(OC)cc1F)C(C)C. The molecule has 0 spiro atoms. The molecule has 1 aromatic rings. The topological polar surface area (TPSA) is 35.2 Å². The lowest BCUT2D eigenvalue weighted by molar-refractivity contribution is 0.294. The predicted octanol–water partition coefficient (Wildman–Crippen LogP) is 3.05. The Morgan fingerprint density at radius 2 is 2.06 bits per heavy atom. The summed E-state index contributed by atoms with van der Waals surface area (Å²) in [5.74, 6) is 0.404. The molecular weight excluding hydrogens is 205 g/mol. The summed E-state index contributed by atoms with van der Waals surface area (Å²) >= 11 is 0. The van der Waals surface area contributed by atoms with Crippen LogP contribution < -0.4 is 10.5 Å². The van der Waals surface area contributed by atoms with Gasteiger partial charge in [-0.05, 0) is 18.4 Å². The fourth-order valence-corrected chi connectivity index (χ4v) is 1.91. The number of rotatable bonds is 4. The number of benzene rings is 1. The summed E-state index contributed by atoms with van der Waals surface area (Å²) in [4.78, 5) is 0. The standard InChI is InChI=1S/C13H20FNO/c1-5-13(15,9(2)3)11-7-6-10(16-4)8-12(11)14/h6-9H,5,15H2,1-4H3. The largest absolute Gasteiger partial charge is 0.497 e. The Hall–Kier alpha value is -1.09. The van der Waals surface area contributed by atoms with Crippen molar-refractivity contribution in [1.82, 2.24) is 0 Å². The van der Waals surface area contributed by atoms with E-state index in [1.807, 2.05) is 20.8 Å². The van der Waals surface area contributed by atoms with Crippen molar-refractivity contribution in [2.75, 3.05) is 7.11 Å². The Morgan fingerprint density at radius 1 is 1.44 bits per heavy atom. The van der Waals surface area contributed by atoms with Gasteiger partial charge < -0.3 is 10.5 Å². The molecule has 3 heteroatoms. The van der Waals surface area contributed by atoms with E-state index in [0.717, 1.165) is 0 Å². The van der Waals surface area contributed by atoms with Crippen molar-refractivity contribution in [3.63, 3.8) is 0 Å². The van der Waals surface area contributed by atoms with E-state index in [-0.39, 0.29) is 11.7 Å². The van der Waals surface area contributed by atoms with E-state index in [0.29, 0.717) is 17.7 Å². The van der Waals surface area contributed by atoms with Crippen molar-refractivity contribution in [1.29, 1.82) is 0 Å². The quantitative estimate of drug-likeness (QED) is 0.854. The second kappa shape index (κ2) is 4.83. The van der Waals surface area contributed by atoms with Gasteiger partial charge in [-0.15, -0.1) is 0 Å². The van der Waals surface area contributed by atoms with Gasteiger partial charge >= 0.3 is 0 Å². The number of halogens is 1. The van der Waals surface area contributed by atoms with Crippen LogP contribution in [-0.2, 0) is 5.54 Å². The molecule has 0 fully saturated rings. The van der Waals surface area contributed by atoms with Crippen molar-refractivity contribution in [2.24, 2.45) is 11.7 Å². The molecule has 16 heavy (non-hydrogen) atoms. The summed E-state index contributed by atoms with van der Waals surface area (Å²) in [6.07, 6.45) is 0.702. The maximum atomic E-state index is 13.9. The Morgan fingerprint density at radius 3 is 2.44 bits per heavy atom. The van der Waals surface area contributed by atoms with Gasteiger partial charge in [0.05, 0.1) is 7.11 Å². The summed E-state index contributed by atoms with van der Waals surface area (Å²) < 4.78 is 18.9. The molecule has 2 nitrogen and oxygen atoms in total. The zero-order valence-corrected chi connectivity index (χ0v) is 10.4. The molecule has 0 aromatic heterocycles. The summed E-state index contributed by atoms with van der Waals surface area (Å²) in [5.41, 5.74) is 6.22. The average molecular weight is 225 g/mol. The highest BCUT2D eigenvalue weighted by atomic mass is 19.1. The zero-order valence-electron chi connectivity index (χ0n) is 10.4. The lowest BCUT2D eigenvalue weighted by Gasteiger charge is -2.33. The van der Waals surface area contributed by atoms with Gasteiger partial charge in [0.25, 0.3) is 0 Å². The van der Waals surface area contributed by atoms with E-state index in [9.17, 15) is 4.39 Å². The van der Waals surface area contributed by atoms with E-state index in [1.54, 1.807) is 12.1 Å². The van der Waals surface area contributed by atoms with Crippen LogP contribution in [0.1, 0.15) is 32.8 Å². The molecule has 1 unspecified atom stereocenters. The minimum absolute atomic E-state index is 0.181. The van der Waals surface area contributed by atoms with Gasteiger partial charge in [0, 0.05) is 17.2 Å².